The van der Waals surface area contributed by atoms with Gasteiger partial charge in [-0.25, -0.2) is 4.98 Å². The van der Waals surface area contributed by atoms with Crippen molar-refractivity contribution in [2.45, 2.75) is 24.5 Å². The Morgan fingerprint density at radius 3 is 2.74 bits per heavy atom. The van der Waals surface area contributed by atoms with E-state index in [2.05, 4.69) is 15.6 Å². The van der Waals surface area contributed by atoms with Crippen LogP contribution in [-0.2, 0) is 16.1 Å². The Bertz CT molecular complexity index is 1060. The molecule has 1 aliphatic rings. The van der Waals surface area contributed by atoms with Crippen LogP contribution in [0.25, 0.3) is 5.69 Å². The summed E-state index contributed by atoms with van der Waals surface area (Å²) in [6.45, 7) is 0.402. The van der Waals surface area contributed by atoms with E-state index in [1.165, 1.54) is 11.8 Å². The highest BCUT2D eigenvalue weighted by Gasteiger charge is 2.29. The van der Waals surface area contributed by atoms with Crippen molar-refractivity contribution in [3.8, 4) is 11.4 Å². The normalized spacial score (nSPS) is 12.9. The number of nitrogens with one attached hydrogen (secondary N) is 2. The molecule has 1 saturated carbocycles. The molecule has 31 heavy (non-hydrogen) atoms. The van der Waals surface area contributed by atoms with Gasteiger partial charge in [0, 0.05) is 36.2 Å². The van der Waals surface area contributed by atoms with E-state index in [1.54, 1.807) is 13.3 Å². The van der Waals surface area contributed by atoms with Crippen LogP contribution in [0.15, 0.2) is 66.1 Å². The first kappa shape index (κ1) is 21.0. The minimum atomic E-state index is -0.0818. The predicted molar refractivity (Wildman–Crippen MR) is 120 cm³/mol. The van der Waals surface area contributed by atoms with E-state index in [0.717, 1.165) is 40.7 Å². The molecule has 0 radical (unpaired) electrons. The minimum Gasteiger partial charge on any atom is -0.497 e. The van der Waals surface area contributed by atoms with Crippen molar-refractivity contribution < 1.29 is 14.3 Å². The molecule has 8 heteroatoms. The first-order chi connectivity index (χ1) is 15.1. The molecule has 0 saturated heterocycles. The van der Waals surface area contributed by atoms with E-state index in [-0.39, 0.29) is 23.5 Å². The number of thioether (sulfide) groups is 1. The number of amides is 2. The van der Waals surface area contributed by atoms with Crippen molar-refractivity contribution in [3.05, 3.63) is 66.5 Å². The SMILES string of the molecule is COc1ccc(-n2ccnc2SCC(=O)NCc2cccc(NC(=O)C3CC3)c2)cc1. The Hall–Kier alpha value is -3.26. The summed E-state index contributed by atoms with van der Waals surface area (Å²) < 4.78 is 7.13. The predicted octanol–water partition coefficient (Wildman–Crippen LogP) is 3.64. The molecule has 2 aromatic carbocycles. The summed E-state index contributed by atoms with van der Waals surface area (Å²) in [4.78, 5) is 28.6. The fourth-order valence-corrected chi connectivity index (χ4v) is 3.87. The number of rotatable bonds is 9. The second kappa shape index (κ2) is 9.70. The highest BCUT2D eigenvalue weighted by molar-refractivity contribution is 7.99. The number of anilines is 1. The van der Waals surface area contributed by atoms with Crippen LogP contribution < -0.4 is 15.4 Å². The fourth-order valence-electron chi connectivity index (χ4n) is 3.07. The number of aromatic nitrogens is 2. The zero-order valence-corrected chi connectivity index (χ0v) is 18.0. The summed E-state index contributed by atoms with van der Waals surface area (Å²) in [5.74, 6) is 1.19. The zero-order valence-electron chi connectivity index (χ0n) is 17.2. The smallest absolute Gasteiger partial charge is 0.230 e. The standard InChI is InChI=1S/C23H24N4O3S/c1-30-20-9-7-19(8-10-20)27-12-11-24-23(27)31-15-21(28)25-14-16-3-2-4-18(13-16)26-22(29)17-5-6-17/h2-4,7-13,17H,5-6,14-15H2,1H3,(H,25,28)(H,26,29). The van der Waals surface area contributed by atoms with E-state index < -0.39 is 0 Å². The zero-order chi connectivity index (χ0) is 21.6. The molecular weight excluding hydrogens is 412 g/mol. The number of benzene rings is 2. The number of imidazole rings is 1. The molecule has 160 valence electrons. The van der Waals surface area contributed by atoms with Gasteiger partial charge >= 0.3 is 0 Å². The third-order valence-corrected chi connectivity index (χ3v) is 5.89. The summed E-state index contributed by atoms with van der Waals surface area (Å²) in [6.07, 6.45) is 5.52. The second-order valence-corrected chi connectivity index (χ2v) is 8.25. The van der Waals surface area contributed by atoms with Crippen LogP contribution >= 0.6 is 11.8 Å². The molecule has 1 aliphatic carbocycles. The van der Waals surface area contributed by atoms with Crippen LogP contribution in [0.2, 0.25) is 0 Å². The summed E-state index contributed by atoms with van der Waals surface area (Å²) in [6, 6.07) is 15.2. The number of methoxy groups -OCH3 is 1. The molecule has 2 amide bonds. The lowest BCUT2D eigenvalue weighted by molar-refractivity contribution is -0.119. The van der Waals surface area contributed by atoms with Crippen LogP contribution in [0.5, 0.6) is 5.75 Å². The highest BCUT2D eigenvalue weighted by Crippen LogP contribution is 2.30. The van der Waals surface area contributed by atoms with E-state index in [1.807, 2.05) is 59.3 Å². The summed E-state index contributed by atoms with van der Waals surface area (Å²) in [7, 11) is 1.63. The first-order valence-corrected chi connectivity index (χ1v) is 11.1. The van der Waals surface area contributed by atoms with Gasteiger partial charge in [0.1, 0.15) is 5.75 Å². The first-order valence-electron chi connectivity index (χ1n) is 10.1. The van der Waals surface area contributed by atoms with Crippen LogP contribution in [0.3, 0.4) is 0 Å². The molecule has 1 heterocycles. The molecule has 7 nitrogen and oxygen atoms in total. The number of carbonyl (C=O) groups excluding carboxylic acids is 2. The molecule has 3 aromatic rings. The van der Waals surface area contributed by atoms with Crippen LogP contribution in [0.1, 0.15) is 18.4 Å². The highest BCUT2D eigenvalue weighted by atomic mass is 32.2. The third-order valence-electron chi connectivity index (χ3n) is 4.92. The van der Waals surface area contributed by atoms with Gasteiger partial charge in [-0.3, -0.25) is 14.2 Å². The maximum absolute atomic E-state index is 12.3. The summed E-state index contributed by atoms with van der Waals surface area (Å²) in [5.41, 5.74) is 2.65. The average molecular weight is 437 g/mol. The maximum atomic E-state index is 12.3. The molecule has 1 fully saturated rings. The van der Waals surface area contributed by atoms with Gasteiger partial charge in [0.25, 0.3) is 0 Å². The third kappa shape index (κ3) is 5.67. The Balaban J connectivity index is 1.28. The Morgan fingerprint density at radius 2 is 2.00 bits per heavy atom. The van der Waals surface area contributed by atoms with Crippen LogP contribution in [-0.4, -0.2) is 34.2 Å². The maximum Gasteiger partial charge on any atom is 0.230 e. The van der Waals surface area contributed by atoms with Gasteiger partial charge in [-0.05, 0) is 54.8 Å². The molecular formula is C23H24N4O3S. The topological polar surface area (TPSA) is 85.2 Å². The lowest BCUT2D eigenvalue weighted by atomic mass is 10.2. The van der Waals surface area contributed by atoms with Crippen LogP contribution in [0, 0.1) is 5.92 Å². The number of ether oxygens (including phenoxy) is 1. The Morgan fingerprint density at radius 1 is 1.19 bits per heavy atom. The molecule has 0 spiro atoms. The van der Waals surface area contributed by atoms with E-state index in [0.29, 0.717) is 6.54 Å². The Labute approximate surface area is 185 Å². The number of nitrogens with zero attached hydrogens (tertiary/aromatic N) is 2. The molecule has 0 bridgehead atoms. The lowest BCUT2D eigenvalue weighted by Crippen LogP contribution is -2.24. The molecule has 1 aromatic heterocycles. The van der Waals surface area contributed by atoms with Gasteiger partial charge in [0.2, 0.25) is 11.8 Å². The second-order valence-electron chi connectivity index (χ2n) is 7.31. The average Bonchev–Trinajstić information content (AvgIpc) is 3.55. The van der Waals surface area contributed by atoms with Gasteiger partial charge in [-0.1, -0.05) is 23.9 Å². The van der Waals surface area contributed by atoms with Gasteiger partial charge in [0.05, 0.1) is 12.9 Å². The van der Waals surface area contributed by atoms with Crippen molar-refractivity contribution >= 4 is 29.3 Å². The minimum absolute atomic E-state index is 0.0740. The Kier molecular flexibility index (Phi) is 6.57. The van der Waals surface area contributed by atoms with Crippen molar-refractivity contribution in [1.82, 2.24) is 14.9 Å². The van der Waals surface area contributed by atoms with E-state index in [4.69, 9.17) is 4.74 Å². The van der Waals surface area contributed by atoms with E-state index in [9.17, 15) is 9.59 Å². The summed E-state index contributed by atoms with van der Waals surface area (Å²) >= 11 is 1.38. The van der Waals surface area contributed by atoms with Gasteiger partial charge in [-0.15, -0.1) is 0 Å². The van der Waals surface area contributed by atoms with Crippen molar-refractivity contribution in [2.24, 2.45) is 5.92 Å². The molecule has 4 rings (SSSR count). The lowest BCUT2D eigenvalue weighted by Gasteiger charge is -2.10. The molecule has 0 atom stereocenters. The monoisotopic (exact) mass is 436 g/mol. The number of hydrogen-bond acceptors (Lipinski definition) is 5. The fraction of sp³-hybridized carbons (Fsp3) is 0.261. The van der Waals surface area contributed by atoms with Crippen LogP contribution in [0.4, 0.5) is 5.69 Å². The quantitative estimate of drug-likeness (QED) is 0.500. The molecule has 2 N–H and O–H groups in total. The van der Waals surface area contributed by atoms with Gasteiger partial charge in [0.15, 0.2) is 5.16 Å². The van der Waals surface area contributed by atoms with Crippen molar-refractivity contribution in [1.29, 1.82) is 0 Å². The molecule has 0 unspecified atom stereocenters. The summed E-state index contributed by atoms with van der Waals surface area (Å²) in [5, 5.41) is 6.60. The largest absolute Gasteiger partial charge is 0.497 e. The van der Waals surface area contributed by atoms with Crippen molar-refractivity contribution in [2.75, 3.05) is 18.2 Å². The number of hydrogen-bond donors (Lipinski definition) is 2. The number of carbonyl (C=O) groups is 2. The van der Waals surface area contributed by atoms with Gasteiger partial charge < -0.3 is 15.4 Å². The van der Waals surface area contributed by atoms with Crippen molar-refractivity contribution in [3.63, 3.8) is 0 Å². The van der Waals surface area contributed by atoms with E-state index >= 15 is 0 Å². The molecule has 0 aliphatic heterocycles. The van der Waals surface area contributed by atoms with Gasteiger partial charge in [-0.2, -0.15) is 0 Å².